The van der Waals surface area contributed by atoms with Crippen LogP contribution in [-0.2, 0) is 5.41 Å². The average molecular weight is 788 g/mol. The Morgan fingerprint density at radius 2 is 0.934 bits per heavy atom. The zero-order valence-corrected chi connectivity index (χ0v) is 35.6. The molecule has 0 atom stereocenters. The molecule has 0 aliphatic heterocycles. The van der Waals surface area contributed by atoms with Gasteiger partial charge in [0, 0.05) is 16.7 Å². The molecule has 1 saturated carbocycles. The van der Waals surface area contributed by atoms with Crippen LogP contribution in [0.15, 0.2) is 200 Å². The molecule has 1 aliphatic rings. The van der Waals surface area contributed by atoms with E-state index in [-0.39, 0.29) is 5.41 Å². The van der Waals surface area contributed by atoms with E-state index in [4.69, 9.17) is 0 Å². The molecule has 1 aliphatic carbocycles. The first-order valence-electron chi connectivity index (χ1n) is 22.2. The lowest BCUT2D eigenvalue weighted by atomic mass is 9.80. The summed E-state index contributed by atoms with van der Waals surface area (Å²) in [5.74, 6) is 0.570. The van der Waals surface area contributed by atoms with Crippen molar-refractivity contribution < 1.29 is 0 Å². The molecule has 0 N–H and O–H groups in total. The van der Waals surface area contributed by atoms with Gasteiger partial charge in [0.25, 0.3) is 0 Å². The van der Waals surface area contributed by atoms with E-state index in [0.717, 1.165) is 17.1 Å². The highest BCUT2D eigenvalue weighted by atomic mass is 15.1. The van der Waals surface area contributed by atoms with E-state index in [1.165, 1.54) is 109 Å². The first-order valence-corrected chi connectivity index (χ1v) is 22.2. The van der Waals surface area contributed by atoms with E-state index < -0.39 is 0 Å². The average Bonchev–Trinajstić information content (AvgIpc) is 3.32. The zero-order valence-electron chi connectivity index (χ0n) is 35.6. The largest absolute Gasteiger partial charge is 0.309 e. The summed E-state index contributed by atoms with van der Waals surface area (Å²) < 4.78 is 0. The highest BCUT2D eigenvalue weighted by Gasteiger charge is 2.26. The van der Waals surface area contributed by atoms with Crippen LogP contribution in [0.5, 0.6) is 0 Å². The second kappa shape index (κ2) is 16.4. The van der Waals surface area contributed by atoms with Gasteiger partial charge in [0.2, 0.25) is 0 Å². The first kappa shape index (κ1) is 38.5. The summed E-state index contributed by atoms with van der Waals surface area (Å²) in [5, 5.41) is 5.19. The molecule has 1 heteroatoms. The normalized spacial score (nSPS) is 13.4. The molecule has 9 aromatic rings. The highest BCUT2D eigenvalue weighted by Crippen LogP contribution is 2.50. The van der Waals surface area contributed by atoms with Gasteiger partial charge in [-0.25, -0.2) is 0 Å². The maximum Gasteiger partial charge on any atom is 0.0546 e. The van der Waals surface area contributed by atoms with Gasteiger partial charge in [-0.1, -0.05) is 222 Å². The highest BCUT2D eigenvalue weighted by molar-refractivity contribution is 6.06. The second-order valence-corrected chi connectivity index (χ2v) is 17.9. The summed E-state index contributed by atoms with van der Waals surface area (Å²) in [6, 6.07) is 74.8. The summed E-state index contributed by atoms with van der Waals surface area (Å²) >= 11 is 0. The van der Waals surface area contributed by atoms with Gasteiger partial charge >= 0.3 is 0 Å². The van der Waals surface area contributed by atoms with Gasteiger partial charge in [0.05, 0.1) is 17.1 Å². The molecule has 298 valence electrons. The smallest absolute Gasteiger partial charge is 0.0546 e. The maximum atomic E-state index is 2.57. The fourth-order valence-corrected chi connectivity index (χ4v) is 9.92. The van der Waals surface area contributed by atoms with Crippen LogP contribution in [0.1, 0.15) is 69.9 Å². The summed E-state index contributed by atoms with van der Waals surface area (Å²) in [7, 11) is 0. The van der Waals surface area contributed by atoms with Crippen molar-refractivity contribution >= 4 is 38.6 Å². The van der Waals surface area contributed by atoms with Crippen LogP contribution in [0.4, 0.5) is 17.1 Å². The van der Waals surface area contributed by atoms with Crippen LogP contribution >= 0.6 is 0 Å². The Morgan fingerprint density at radius 1 is 0.393 bits per heavy atom. The molecule has 0 saturated heterocycles. The number of benzene rings is 9. The lowest BCUT2D eigenvalue weighted by Gasteiger charge is -2.32. The maximum absolute atomic E-state index is 2.57. The third-order valence-electron chi connectivity index (χ3n) is 13.0. The van der Waals surface area contributed by atoms with Crippen LogP contribution in [-0.4, -0.2) is 0 Å². The number of nitrogens with zero attached hydrogens (tertiary/aromatic N) is 1. The van der Waals surface area contributed by atoms with Crippen molar-refractivity contribution in [2.75, 3.05) is 4.90 Å². The summed E-state index contributed by atoms with van der Waals surface area (Å²) in [6.07, 6.45) is 6.45. The van der Waals surface area contributed by atoms with Crippen molar-refractivity contribution in [3.05, 3.63) is 211 Å². The number of hydrogen-bond donors (Lipinski definition) is 0. The molecule has 0 amide bonds. The van der Waals surface area contributed by atoms with Gasteiger partial charge in [0.15, 0.2) is 0 Å². The first-order chi connectivity index (χ1) is 29.9. The molecule has 0 unspecified atom stereocenters. The SMILES string of the molecule is CC(C)(C)c1ccc(-c2ccccc2N(c2cc(-c3cccc4ccccc34)ccc2-c2ccccc2)c2ccccc2-c2cccc3cccc(C4CCCCC4)c23)cc1. The van der Waals surface area contributed by atoms with Crippen molar-refractivity contribution in [2.45, 2.75) is 64.2 Å². The topological polar surface area (TPSA) is 3.24 Å². The Labute approximate surface area is 362 Å². The predicted molar refractivity (Wildman–Crippen MR) is 262 cm³/mol. The van der Waals surface area contributed by atoms with Gasteiger partial charge in [-0.15, -0.1) is 0 Å². The number of fused-ring (bicyclic) bond motifs is 2. The molecule has 9 aromatic carbocycles. The van der Waals surface area contributed by atoms with Crippen LogP contribution in [0.3, 0.4) is 0 Å². The zero-order chi connectivity index (χ0) is 41.3. The Kier molecular flexibility index (Phi) is 10.3. The van der Waals surface area contributed by atoms with E-state index in [1.54, 1.807) is 0 Å². The number of anilines is 3. The lowest BCUT2D eigenvalue weighted by molar-refractivity contribution is 0.445. The molecule has 1 fully saturated rings. The van der Waals surface area contributed by atoms with Crippen LogP contribution < -0.4 is 4.90 Å². The van der Waals surface area contributed by atoms with Gasteiger partial charge in [-0.05, 0) is 103 Å². The molecular formula is C60H53N. The van der Waals surface area contributed by atoms with E-state index >= 15 is 0 Å². The monoisotopic (exact) mass is 787 g/mol. The van der Waals surface area contributed by atoms with Gasteiger partial charge in [-0.2, -0.15) is 0 Å². The minimum absolute atomic E-state index is 0.0601. The number of rotatable bonds is 8. The Morgan fingerprint density at radius 3 is 1.69 bits per heavy atom. The third kappa shape index (κ3) is 7.44. The van der Waals surface area contributed by atoms with Gasteiger partial charge in [-0.3, -0.25) is 0 Å². The summed E-state index contributed by atoms with van der Waals surface area (Å²) in [4.78, 5) is 2.57. The van der Waals surface area contributed by atoms with Crippen LogP contribution in [0, 0.1) is 0 Å². The summed E-state index contributed by atoms with van der Waals surface area (Å²) in [6.45, 7) is 6.86. The molecule has 0 heterocycles. The molecule has 0 bridgehead atoms. The third-order valence-corrected chi connectivity index (χ3v) is 13.0. The standard InChI is InChI=1S/C60H53N/c1-60(2,3)48-38-35-45(36-39-48)51-28-12-14-33-56(51)61(57-34-15-13-29-54(57)55-32-18-26-46-25-17-31-53(59(46)55)44-21-8-5-9-22-44)58-41-47(37-40-52(58)43-19-6-4-7-20-43)50-30-16-24-42-23-10-11-27-49(42)50/h4,6-7,10-20,23-41,44H,5,8-9,21-22H2,1-3H3. The molecule has 0 aromatic heterocycles. The molecule has 0 radical (unpaired) electrons. The lowest BCUT2D eigenvalue weighted by Crippen LogP contribution is -2.14. The van der Waals surface area contributed by atoms with Crippen molar-refractivity contribution in [1.29, 1.82) is 0 Å². The Balaban J connectivity index is 1.28. The molecule has 1 nitrogen and oxygen atoms in total. The van der Waals surface area contributed by atoms with Gasteiger partial charge in [0.1, 0.15) is 0 Å². The fraction of sp³-hybridized carbons (Fsp3) is 0.167. The predicted octanol–water partition coefficient (Wildman–Crippen LogP) is 17.5. The van der Waals surface area contributed by atoms with Crippen LogP contribution in [0.25, 0.3) is 66.1 Å². The number of hydrogen-bond acceptors (Lipinski definition) is 1. The Hall–Kier alpha value is -6.70. The van der Waals surface area contributed by atoms with Crippen molar-refractivity contribution in [3.63, 3.8) is 0 Å². The minimum Gasteiger partial charge on any atom is -0.309 e. The Bertz CT molecular complexity index is 2970. The quantitative estimate of drug-likeness (QED) is 0.148. The molecule has 61 heavy (non-hydrogen) atoms. The minimum atomic E-state index is 0.0601. The molecule has 0 spiro atoms. The van der Waals surface area contributed by atoms with E-state index in [1.807, 2.05) is 0 Å². The van der Waals surface area contributed by atoms with E-state index in [9.17, 15) is 0 Å². The van der Waals surface area contributed by atoms with Crippen LogP contribution in [0.2, 0.25) is 0 Å². The second-order valence-electron chi connectivity index (χ2n) is 17.9. The van der Waals surface area contributed by atoms with E-state index in [0.29, 0.717) is 5.92 Å². The van der Waals surface area contributed by atoms with E-state index in [2.05, 4.69) is 226 Å². The van der Waals surface area contributed by atoms with Crippen molar-refractivity contribution in [2.24, 2.45) is 0 Å². The van der Waals surface area contributed by atoms with Crippen molar-refractivity contribution in [3.8, 4) is 44.5 Å². The van der Waals surface area contributed by atoms with Crippen molar-refractivity contribution in [1.82, 2.24) is 0 Å². The summed E-state index contributed by atoms with van der Waals surface area (Å²) in [5.41, 5.74) is 16.0. The molecule has 10 rings (SSSR count). The molecular weight excluding hydrogens is 735 g/mol. The fourth-order valence-electron chi connectivity index (χ4n) is 9.92. The number of para-hydroxylation sites is 2. The van der Waals surface area contributed by atoms with Gasteiger partial charge < -0.3 is 4.90 Å².